The van der Waals surface area contributed by atoms with E-state index in [-0.39, 0.29) is 5.82 Å². The van der Waals surface area contributed by atoms with Gasteiger partial charge in [0.2, 0.25) is 0 Å². The van der Waals surface area contributed by atoms with Crippen LogP contribution in [0.2, 0.25) is 0 Å². The first-order valence-electron chi connectivity index (χ1n) is 10.2. The van der Waals surface area contributed by atoms with Crippen molar-refractivity contribution >= 4 is 0 Å². The number of hydrogen-bond donors (Lipinski definition) is 0. The van der Waals surface area contributed by atoms with E-state index in [1.54, 1.807) is 12.1 Å². The third-order valence-electron chi connectivity index (χ3n) is 5.40. The smallest absolute Gasteiger partial charge is 0.132 e. The molecule has 0 fully saturated rings. The summed E-state index contributed by atoms with van der Waals surface area (Å²) >= 11 is 0. The van der Waals surface area contributed by atoms with Gasteiger partial charge in [-0.15, -0.1) is 0 Å². The quantitative estimate of drug-likeness (QED) is 0.409. The zero-order valence-corrected chi connectivity index (χ0v) is 16.5. The van der Waals surface area contributed by atoms with Crippen LogP contribution >= 0.6 is 0 Å². The second kappa shape index (κ2) is 9.91. The first-order chi connectivity index (χ1) is 13.7. The summed E-state index contributed by atoms with van der Waals surface area (Å²) in [7, 11) is 0. The number of rotatable bonds is 5. The highest BCUT2D eigenvalue weighted by Crippen LogP contribution is 2.28. The molecule has 1 nitrogen and oxygen atoms in total. The summed E-state index contributed by atoms with van der Waals surface area (Å²) in [5, 5.41) is 8.85. The van der Waals surface area contributed by atoms with Crippen LogP contribution in [0.1, 0.15) is 63.0 Å². The van der Waals surface area contributed by atoms with Gasteiger partial charge in [-0.1, -0.05) is 68.7 Å². The number of halogens is 1. The maximum atomic E-state index is 14.2. The van der Waals surface area contributed by atoms with Crippen LogP contribution in [0, 0.1) is 34.9 Å². The summed E-state index contributed by atoms with van der Waals surface area (Å²) in [6, 6.07) is 14.1. The standard InChI is InChI=1S/C26H26FN/c1-2-3-4-5-20-6-8-21(9-7-20)10-11-22-12-15-24(16-13-22)25-17-14-23(19-28)18-26(25)27/h8,12-18,20H,2-7,9H2,1H3. The number of allylic oxidation sites excluding steroid dienone is 2. The molecule has 0 saturated heterocycles. The van der Waals surface area contributed by atoms with Crippen molar-refractivity contribution in [2.45, 2.75) is 51.9 Å². The van der Waals surface area contributed by atoms with E-state index in [4.69, 9.17) is 5.26 Å². The van der Waals surface area contributed by atoms with E-state index in [1.165, 1.54) is 43.7 Å². The Hall–Kier alpha value is -2.84. The molecule has 0 radical (unpaired) electrons. The van der Waals surface area contributed by atoms with Crippen LogP contribution in [-0.2, 0) is 0 Å². The maximum Gasteiger partial charge on any atom is 0.132 e. The average Bonchev–Trinajstić information content (AvgIpc) is 2.74. The molecule has 0 aromatic heterocycles. The molecule has 0 spiro atoms. The van der Waals surface area contributed by atoms with Crippen LogP contribution in [0.15, 0.2) is 54.1 Å². The lowest BCUT2D eigenvalue weighted by Gasteiger charge is -2.19. The molecule has 2 heteroatoms. The minimum atomic E-state index is -0.376. The van der Waals surface area contributed by atoms with Crippen molar-refractivity contribution in [3.8, 4) is 29.0 Å². The fraction of sp³-hybridized carbons (Fsp3) is 0.346. The van der Waals surface area contributed by atoms with Crippen LogP contribution in [0.3, 0.4) is 0 Å². The third kappa shape index (κ3) is 5.34. The first kappa shape index (κ1) is 19.9. The lowest BCUT2D eigenvalue weighted by Crippen LogP contribution is -2.05. The molecule has 1 unspecified atom stereocenters. The van der Waals surface area contributed by atoms with E-state index in [0.29, 0.717) is 11.1 Å². The molecule has 3 rings (SSSR count). The highest BCUT2D eigenvalue weighted by Gasteiger charge is 2.13. The Morgan fingerprint density at radius 3 is 2.46 bits per heavy atom. The third-order valence-corrected chi connectivity index (χ3v) is 5.40. The average molecular weight is 371 g/mol. The molecule has 2 aromatic rings. The summed E-state index contributed by atoms with van der Waals surface area (Å²) in [5.74, 6) is 7.01. The monoisotopic (exact) mass is 371 g/mol. The molecule has 0 N–H and O–H groups in total. The van der Waals surface area contributed by atoms with E-state index in [0.717, 1.165) is 29.9 Å². The van der Waals surface area contributed by atoms with Crippen molar-refractivity contribution in [3.05, 3.63) is 71.1 Å². The molecule has 28 heavy (non-hydrogen) atoms. The molecule has 0 amide bonds. The topological polar surface area (TPSA) is 23.8 Å². The SMILES string of the molecule is CCCCCC1CC=C(C#Cc2ccc(-c3ccc(C#N)cc3F)cc2)CC1. The Morgan fingerprint density at radius 2 is 1.82 bits per heavy atom. The normalized spacial score (nSPS) is 15.9. The molecule has 142 valence electrons. The summed E-state index contributed by atoms with van der Waals surface area (Å²) in [6.45, 7) is 2.25. The van der Waals surface area contributed by atoms with Gasteiger partial charge in [0.1, 0.15) is 5.82 Å². The van der Waals surface area contributed by atoms with E-state index in [1.807, 2.05) is 30.3 Å². The highest BCUT2D eigenvalue weighted by atomic mass is 19.1. The van der Waals surface area contributed by atoms with Crippen molar-refractivity contribution in [3.63, 3.8) is 0 Å². The summed E-state index contributed by atoms with van der Waals surface area (Å²) < 4.78 is 14.2. The Bertz CT molecular complexity index is 935. The van der Waals surface area contributed by atoms with E-state index in [2.05, 4.69) is 24.8 Å². The Morgan fingerprint density at radius 1 is 1.04 bits per heavy atom. The van der Waals surface area contributed by atoms with Gasteiger partial charge in [0.05, 0.1) is 11.6 Å². The second-order valence-corrected chi connectivity index (χ2v) is 7.50. The minimum absolute atomic E-state index is 0.331. The Labute approximate surface area is 167 Å². The highest BCUT2D eigenvalue weighted by molar-refractivity contribution is 5.66. The molecule has 0 saturated carbocycles. The molecule has 1 aliphatic rings. The van der Waals surface area contributed by atoms with Gasteiger partial charge in [0.15, 0.2) is 0 Å². The van der Waals surface area contributed by atoms with Crippen LogP contribution < -0.4 is 0 Å². The number of unbranched alkanes of at least 4 members (excludes halogenated alkanes) is 2. The van der Waals surface area contributed by atoms with Gasteiger partial charge >= 0.3 is 0 Å². The molecule has 0 aliphatic heterocycles. The van der Waals surface area contributed by atoms with Gasteiger partial charge in [-0.25, -0.2) is 4.39 Å². The molecular weight excluding hydrogens is 345 g/mol. The van der Waals surface area contributed by atoms with Gasteiger partial charge in [0.25, 0.3) is 0 Å². The minimum Gasteiger partial charge on any atom is -0.206 e. The predicted molar refractivity (Wildman–Crippen MR) is 113 cm³/mol. The molecule has 2 aromatic carbocycles. The van der Waals surface area contributed by atoms with Crippen LogP contribution in [-0.4, -0.2) is 0 Å². The van der Waals surface area contributed by atoms with Gasteiger partial charge in [-0.2, -0.15) is 5.26 Å². The second-order valence-electron chi connectivity index (χ2n) is 7.50. The Kier molecular flexibility index (Phi) is 7.05. The molecule has 1 aliphatic carbocycles. The van der Waals surface area contributed by atoms with Crippen molar-refractivity contribution in [1.82, 2.24) is 0 Å². The predicted octanol–water partition coefficient (Wildman–Crippen LogP) is 7.02. The zero-order valence-electron chi connectivity index (χ0n) is 16.5. The maximum absolute atomic E-state index is 14.2. The van der Waals surface area contributed by atoms with Crippen LogP contribution in [0.5, 0.6) is 0 Å². The van der Waals surface area contributed by atoms with Crippen LogP contribution in [0.4, 0.5) is 4.39 Å². The molecule has 0 bridgehead atoms. The largest absolute Gasteiger partial charge is 0.206 e. The van der Waals surface area contributed by atoms with Gasteiger partial charge in [-0.05, 0) is 60.6 Å². The number of nitrogens with zero attached hydrogens (tertiary/aromatic N) is 1. The van der Waals surface area contributed by atoms with Crippen molar-refractivity contribution < 1.29 is 4.39 Å². The fourth-order valence-electron chi connectivity index (χ4n) is 3.65. The summed E-state index contributed by atoms with van der Waals surface area (Å²) in [4.78, 5) is 0. The van der Waals surface area contributed by atoms with Crippen molar-refractivity contribution in [2.24, 2.45) is 5.92 Å². The number of hydrogen-bond acceptors (Lipinski definition) is 1. The number of nitriles is 1. The van der Waals surface area contributed by atoms with E-state index in [9.17, 15) is 4.39 Å². The summed E-state index contributed by atoms with van der Waals surface area (Å²) in [6.07, 6.45) is 11.1. The van der Waals surface area contributed by atoms with Gasteiger partial charge in [0, 0.05) is 11.1 Å². The van der Waals surface area contributed by atoms with Crippen molar-refractivity contribution in [2.75, 3.05) is 0 Å². The molecular formula is C26H26FN. The first-order valence-corrected chi connectivity index (χ1v) is 10.2. The zero-order chi connectivity index (χ0) is 19.8. The lowest BCUT2D eigenvalue weighted by molar-refractivity contribution is 0.420. The molecule has 0 heterocycles. The number of benzene rings is 2. The Balaban J connectivity index is 1.62. The van der Waals surface area contributed by atoms with Crippen molar-refractivity contribution in [1.29, 1.82) is 5.26 Å². The summed E-state index contributed by atoms with van der Waals surface area (Å²) in [5.41, 5.74) is 3.80. The van der Waals surface area contributed by atoms with Gasteiger partial charge in [-0.3, -0.25) is 0 Å². The lowest BCUT2D eigenvalue weighted by atomic mass is 9.86. The van der Waals surface area contributed by atoms with Crippen LogP contribution in [0.25, 0.3) is 11.1 Å². The van der Waals surface area contributed by atoms with E-state index < -0.39 is 0 Å². The fourth-order valence-corrected chi connectivity index (χ4v) is 3.65. The molecule has 1 atom stereocenters. The van der Waals surface area contributed by atoms with E-state index >= 15 is 0 Å². The van der Waals surface area contributed by atoms with Gasteiger partial charge < -0.3 is 0 Å².